The monoisotopic (exact) mass is 271 g/mol. The maximum Gasteiger partial charge on any atom is 0.105 e. The highest BCUT2D eigenvalue weighted by Gasteiger charge is 2.12. The number of ether oxygens (including phenoxy) is 1. The molecule has 2 heteroatoms. The van der Waals surface area contributed by atoms with Crippen LogP contribution in [0.25, 0.3) is 0 Å². The van der Waals surface area contributed by atoms with Gasteiger partial charge in [-0.1, -0.05) is 59.3 Å². The number of methoxy groups -OCH3 is 1. The molecule has 0 fully saturated rings. The minimum atomic E-state index is 0.178. The Morgan fingerprint density at radius 1 is 0.895 bits per heavy atom. The number of hydrogen-bond acceptors (Lipinski definition) is 2. The zero-order valence-corrected chi connectivity index (χ0v) is 14.0. The Labute approximate surface area is 121 Å². The second-order valence-corrected chi connectivity index (χ2v) is 6.04. The topological polar surface area (TPSA) is 21.3 Å². The van der Waals surface area contributed by atoms with Crippen molar-refractivity contribution in [1.29, 1.82) is 0 Å². The molecule has 0 amide bonds. The van der Waals surface area contributed by atoms with Crippen LogP contribution in [0.15, 0.2) is 0 Å². The van der Waals surface area contributed by atoms with Gasteiger partial charge in [-0.15, -0.1) is 0 Å². The van der Waals surface area contributed by atoms with Gasteiger partial charge in [0.1, 0.15) is 6.23 Å². The van der Waals surface area contributed by atoms with Crippen LogP contribution in [0, 0.1) is 5.92 Å². The van der Waals surface area contributed by atoms with E-state index < -0.39 is 0 Å². The quantitative estimate of drug-likeness (QED) is 0.370. The first-order valence-corrected chi connectivity index (χ1v) is 8.42. The van der Waals surface area contributed by atoms with Crippen molar-refractivity contribution < 1.29 is 4.74 Å². The molecule has 0 heterocycles. The van der Waals surface area contributed by atoms with Crippen LogP contribution < -0.4 is 5.32 Å². The fourth-order valence-corrected chi connectivity index (χ4v) is 2.40. The van der Waals surface area contributed by atoms with Gasteiger partial charge in [-0.2, -0.15) is 0 Å². The largest absolute Gasteiger partial charge is 0.367 e. The Kier molecular flexibility index (Phi) is 12.9. The Morgan fingerprint density at radius 3 is 2.16 bits per heavy atom. The molecule has 2 nitrogen and oxygen atoms in total. The van der Waals surface area contributed by atoms with E-state index in [1.54, 1.807) is 7.11 Å². The van der Waals surface area contributed by atoms with Gasteiger partial charge < -0.3 is 4.74 Å². The molecule has 2 unspecified atom stereocenters. The van der Waals surface area contributed by atoms with Crippen molar-refractivity contribution in [3.63, 3.8) is 0 Å². The molecule has 0 bridgehead atoms. The minimum absolute atomic E-state index is 0.178. The smallest absolute Gasteiger partial charge is 0.105 e. The Bertz CT molecular complexity index is 184. The zero-order chi connectivity index (χ0) is 14.5. The van der Waals surface area contributed by atoms with E-state index in [4.69, 9.17) is 4.74 Å². The van der Waals surface area contributed by atoms with Crippen molar-refractivity contribution in [3.8, 4) is 0 Å². The summed E-state index contributed by atoms with van der Waals surface area (Å²) in [5.41, 5.74) is 0. The third kappa shape index (κ3) is 11.4. The maximum absolute atomic E-state index is 5.35. The predicted octanol–water partition coefficient (Wildman–Crippen LogP) is 5.12. The average molecular weight is 271 g/mol. The van der Waals surface area contributed by atoms with E-state index in [1.807, 2.05) is 0 Å². The molecule has 0 aliphatic heterocycles. The molecule has 3 atom stereocenters. The lowest BCUT2D eigenvalue weighted by Crippen LogP contribution is -2.37. The second kappa shape index (κ2) is 12.9. The second-order valence-electron chi connectivity index (χ2n) is 6.04. The first-order chi connectivity index (χ1) is 9.13. The van der Waals surface area contributed by atoms with Crippen molar-refractivity contribution in [3.05, 3.63) is 0 Å². The summed E-state index contributed by atoms with van der Waals surface area (Å²) in [5, 5.41) is 3.61. The summed E-state index contributed by atoms with van der Waals surface area (Å²) < 4.78 is 5.35. The summed E-state index contributed by atoms with van der Waals surface area (Å²) in [6, 6.07) is 0.630. The lowest BCUT2D eigenvalue weighted by molar-refractivity contribution is 0.0744. The summed E-state index contributed by atoms with van der Waals surface area (Å²) in [7, 11) is 1.78. The minimum Gasteiger partial charge on any atom is -0.367 e. The zero-order valence-electron chi connectivity index (χ0n) is 14.0. The third-order valence-corrected chi connectivity index (χ3v) is 4.18. The maximum atomic E-state index is 5.35. The molecule has 0 aromatic rings. The summed E-state index contributed by atoms with van der Waals surface area (Å²) >= 11 is 0. The molecule has 0 spiro atoms. The van der Waals surface area contributed by atoms with Crippen molar-refractivity contribution in [1.82, 2.24) is 5.32 Å². The van der Waals surface area contributed by atoms with Gasteiger partial charge in [-0.05, 0) is 32.1 Å². The fraction of sp³-hybridized carbons (Fsp3) is 1.00. The van der Waals surface area contributed by atoms with Crippen molar-refractivity contribution in [2.75, 3.05) is 7.11 Å². The first kappa shape index (κ1) is 18.9. The van der Waals surface area contributed by atoms with E-state index in [9.17, 15) is 0 Å². The standard InChI is InChI=1S/C17H37NO/c1-6-8-9-10-11-12-17(18-16(4)19-5)14-13-15(3)7-2/h15-18H,6-14H2,1-5H3/t15?,16?,17-/m0/s1. The Morgan fingerprint density at radius 2 is 1.58 bits per heavy atom. The number of hydrogen-bond donors (Lipinski definition) is 1. The van der Waals surface area contributed by atoms with Gasteiger partial charge in [0.15, 0.2) is 0 Å². The van der Waals surface area contributed by atoms with Crippen LogP contribution in [0.5, 0.6) is 0 Å². The molecule has 0 radical (unpaired) electrons. The van der Waals surface area contributed by atoms with E-state index >= 15 is 0 Å². The highest BCUT2D eigenvalue weighted by Crippen LogP contribution is 2.16. The lowest BCUT2D eigenvalue weighted by atomic mass is 9.96. The van der Waals surface area contributed by atoms with Crippen LogP contribution in [0.3, 0.4) is 0 Å². The number of unbranched alkanes of at least 4 members (excludes halogenated alkanes) is 4. The number of rotatable bonds is 13. The molecular formula is C17H37NO. The lowest BCUT2D eigenvalue weighted by Gasteiger charge is -2.23. The summed E-state index contributed by atoms with van der Waals surface area (Å²) in [6.07, 6.45) is 12.3. The van der Waals surface area contributed by atoms with Gasteiger partial charge in [0.05, 0.1) is 0 Å². The highest BCUT2D eigenvalue weighted by molar-refractivity contribution is 4.69. The molecule has 116 valence electrons. The molecule has 0 rings (SSSR count). The van der Waals surface area contributed by atoms with Gasteiger partial charge >= 0.3 is 0 Å². The van der Waals surface area contributed by atoms with Gasteiger partial charge in [-0.25, -0.2) is 0 Å². The van der Waals surface area contributed by atoms with E-state index in [2.05, 4.69) is 33.0 Å². The van der Waals surface area contributed by atoms with Crippen molar-refractivity contribution >= 4 is 0 Å². The molecule has 0 saturated carbocycles. The molecule has 0 aliphatic rings. The summed E-state index contributed by atoms with van der Waals surface area (Å²) in [5.74, 6) is 0.849. The van der Waals surface area contributed by atoms with Gasteiger partial charge in [-0.3, -0.25) is 5.32 Å². The van der Waals surface area contributed by atoms with Crippen molar-refractivity contribution in [2.45, 2.75) is 97.8 Å². The first-order valence-electron chi connectivity index (χ1n) is 8.42. The summed E-state index contributed by atoms with van der Waals surface area (Å²) in [6.45, 7) is 9.03. The molecular weight excluding hydrogens is 234 g/mol. The molecule has 0 aromatic carbocycles. The van der Waals surface area contributed by atoms with E-state index in [1.165, 1.54) is 57.8 Å². The van der Waals surface area contributed by atoms with Crippen LogP contribution in [0.1, 0.15) is 85.5 Å². The molecule has 0 aliphatic carbocycles. The highest BCUT2D eigenvalue weighted by atomic mass is 16.5. The van der Waals surface area contributed by atoms with Crippen molar-refractivity contribution in [2.24, 2.45) is 5.92 Å². The van der Waals surface area contributed by atoms with Crippen LogP contribution in [-0.4, -0.2) is 19.4 Å². The molecule has 0 saturated heterocycles. The predicted molar refractivity (Wildman–Crippen MR) is 85.5 cm³/mol. The van der Waals surface area contributed by atoms with Crippen LogP contribution in [0.4, 0.5) is 0 Å². The van der Waals surface area contributed by atoms with E-state index in [-0.39, 0.29) is 6.23 Å². The van der Waals surface area contributed by atoms with Gasteiger partial charge in [0.25, 0.3) is 0 Å². The normalized spacial score (nSPS) is 16.3. The molecule has 19 heavy (non-hydrogen) atoms. The number of nitrogens with one attached hydrogen (secondary N) is 1. The third-order valence-electron chi connectivity index (χ3n) is 4.18. The fourth-order valence-electron chi connectivity index (χ4n) is 2.40. The Balaban J connectivity index is 3.89. The van der Waals surface area contributed by atoms with E-state index in [0.29, 0.717) is 6.04 Å². The van der Waals surface area contributed by atoms with Crippen LogP contribution >= 0.6 is 0 Å². The van der Waals surface area contributed by atoms with Crippen LogP contribution in [0.2, 0.25) is 0 Å². The van der Waals surface area contributed by atoms with Gasteiger partial charge in [0.2, 0.25) is 0 Å². The van der Waals surface area contributed by atoms with Crippen LogP contribution in [-0.2, 0) is 4.74 Å². The Hall–Kier alpha value is -0.0800. The molecule has 0 aromatic heterocycles. The van der Waals surface area contributed by atoms with E-state index in [0.717, 1.165) is 5.92 Å². The SMILES string of the molecule is CCCCCCC[C@@H](CCC(C)CC)NC(C)OC. The average Bonchev–Trinajstić information content (AvgIpc) is 2.43. The summed E-state index contributed by atoms with van der Waals surface area (Å²) in [4.78, 5) is 0. The molecule has 1 N–H and O–H groups in total. The van der Waals surface area contributed by atoms with Gasteiger partial charge in [0, 0.05) is 13.2 Å².